The van der Waals surface area contributed by atoms with E-state index in [9.17, 15) is 4.79 Å². The van der Waals surface area contributed by atoms with Crippen LogP contribution in [0.4, 0.5) is 0 Å². The third-order valence-corrected chi connectivity index (χ3v) is 1.65. The molecule has 0 aliphatic carbocycles. The zero-order chi connectivity index (χ0) is 9.35. The summed E-state index contributed by atoms with van der Waals surface area (Å²) in [4.78, 5) is 15.1. The van der Waals surface area contributed by atoms with Gasteiger partial charge in [0.1, 0.15) is 12.2 Å². The molecule has 1 saturated heterocycles. The standard InChI is InChI=1S/C5H10N2O5/c6-5(12-7)4(10)3(9)2(1-8)11-5/h2-3,8-9H,1,6-7H2/t2-,3+,5?/m1/s1. The van der Waals surface area contributed by atoms with E-state index < -0.39 is 30.5 Å². The number of ketones is 1. The summed E-state index contributed by atoms with van der Waals surface area (Å²) in [5.74, 6) is 1.64. The topological polar surface area (TPSA) is 128 Å². The highest BCUT2D eigenvalue weighted by Crippen LogP contribution is 2.22. The van der Waals surface area contributed by atoms with Gasteiger partial charge in [0.25, 0.3) is 0 Å². The molecule has 12 heavy (non-hydrogen) atoms. The Morgan fingerprint density at radius 2 is 2.33 bits per heavy atom. The fourth-order valence-electron chi connectivity index (χ4n) is 0.945. The van der Waals surface area contributed by atoms with E-state index in [1.807, 2.05) is 0 Å². The van der Waals surface area contributed by atoms with Crippen LogP contribution in [-0.4, -0.2) is 40.7 Å². The molecule has 0 radical (unpaired) electrons. The molecule has 0 aromatic carbocycles. The molecule has 1 fully saturated rings. The van der Waals surface area contributed by atoms with Crippen molar-refractivity contribution in [3.05, 3.63) is 0 Å². The van der Waals surface area contributed by atoms with Crippen molar-refractivity contribution in [1.29, 1.82) is 0 Å². The van der Waals surface area contributed by atoms with E-state index in [2.05, 4.69) is 15.5 Å². The Morgan fingerprint density at radius 3 is 2.58 bits per heavy atom. The molecule has 1 rings (SSSR count). The summed E-state index contributed by atoms with van der Waals surface area (Å²) >= 11 is 0. The Labute approximate surface area is 67.8 Å². The highest BCUT2D eigenvalue weighted by molar-refractivity contribution is 5.91. The van der Waals surface area contributed by atoms with Gasteiger partial charge in [-0.05, 0) is 0 Å². The van der Waals surface area contributed by atoms with Crippen molar-refractivity contribution in [2.75, 3.05) is 6.61 Å². The summed E-state index contributed by atoms with van der Waals surface area (Å²) < 4.78 is 4.65. The highest BCUT2D eigenvalue weighted by Gasteiger charge is 2.53. The molecule has 7 heteroatoms. The van der Waals surface area contributed by atoms with Crippen LogP contribution in [0.5, 0.6) is 0 Å². The summed E-state index contributed by atoms with van der Waals surface area (Å²) in [6.45, 7) is -0.533. The smallest absolute Gasteiger partial charge is 0.306 e. The Balaban J connectivity index is 2.80. The predicted octanol–water partition coefficient (Wildman–Crippen LogP) is -3.19. The number of carbonyl (C=O) groups is 1. The molecular weight excluding hydrogens is 168 g/mol. The molecule has 0 aromatic rings. The lowest BCUT2D eigenvalue weighted by atomic mass is 10.1. The number of carbonyl (C=O) groups excluding carboxylic acids is 1. The average molecular weight is 178 g/mol. The van der Waals surface area contributed by atoms with Gasteiger partial charge in [-0.2, -0.15) is 0 Å². The van der Waals surface area contributed by atoms with E-state index in [4.69, 9.17) is 15.9 Å². The summed E-state index contributed by atoms with van der Waals surface area (Å²) in [5.41, 5.74) is 5.17. The summed E-state index contributed by atoms with van der Waals surface area (Å²) in [6, 6.07) is 0. The second-order valence-electron chi connectivity index (χ2n) is 2.43. The van der Waals surface area contributed by atoms with E-state index in [0.29, 0.717) is 0 Å². The quantitative estimate of drug-likeness (QED) is 0.259. The third kappa shape index (κ3) is 1.22. The minimum atomic E-state index is -2.13. The maximum absolute atomic E-state index is 11.0. The average Bonchev–Trinajstić information content (AvgIpc) is 2.31. The van der Waals surface area contributed by atoms with Crippen molar-refractivity contribution in [2.24, 2.45) is 11.6 Å². The molecular formula is C5H10N2O5. The van der Waals surface area contributed by atoms with Crippen LogP contribution in [0.3, 0.4) is 0 Å². The molecule has 70 valence electrons. The maximum Gasteiger partial charge on any atom is 0.306 e. The number of nitrogens with two attached hydrogens (primary N) is 2. The molecule has 0 saturated carbocycles. The van der Waals surface area contributed by atoms with E-state index >= 15 is 0 Å². The van der Waals surface area contributed by atoms with Crippen molar-refractivity contribution in [3.63, 3.8) is 0 Å². The normalized spacial score (nSPS) is 42.2. The summed E-state index contributed by atoms with van der Waals surface area (Å²) in [5, 5.41) is 17.7. The molecule has 0 bridgehead atoms. The minimum absolute atomic E-state index is 0.533. The zero-order valence-corrected chi connectivity index (χ0v) is 6.14. The van der Waals surface area contributed by atoms with Gasteiger partial charge < -0.3 is 14.9 Å². The number of aliphatic hydroxyl groups is 2. The fraction of sp³-hybridized carbons (Fsp3) is 0.800. The number of hydrogen-bond acceptors (Lipinski definition) is 7. The Kier molecular flexibility index (Phi) is 2.42. The summed E-state index contributed by atoms with van der Waals surface area (Å²) in [7, 11) is 0. The van der Waals surface area contributed by atoms with Gasteiger partial charge in [0, 0.05) is 0 Å². The van der Waals surface area contributed by atoms with Crippen LogP contribution in [-0.2, 0) is 14.4 Å². The van der Waals surface area contributed by atoms with Crippen molar-refractivity contribution in [2.45, 2.75) is 18.1 Å². The third-order valence-electron chi connectivity index (χ3n) is 1.65. The monoisotopic (exact) mass is 178 g/mol. The molecule has 7 nitrogen and oxygen atoms in total. The van der Waals surface area contributed by atoms with Crippen LogP contribution in [0.25, 0.3) is 0 Å². The van der Waals surface area contributed by atoms with E-state index in [1.165, 1.54) is 0 Å². The number of Topliss-reactive ketones (excluding diaryl/α,β-unsaturated/α-hetero) is 1. The van der Waals surface area contributed by atoms with Crippen LogP contribution < -0.4 is 11.6 Å². The molecule has 0 amide bonds. The van der Waals surface area contributed by atoms with Gasteiger partial charge >= 0.3 is 5.91 Å². The van der Waals surface area contributed by atoms with E-state index in [-0.39, 0.29) is 0 Å². The first-order valence-corrected chi connectivity index (χ1v) is 3.23. The van der Waals surface area contributed by atoms with Crippen LogP contribution in [0.15, 0.2) is 0 Å². The van der Waals surface area contributed by atoms with Gasteiger partial charge in [0.05, 0.1) is 6.61 Å². The number of hydrogen-bond donors (Lipinski definition) is 4. The molecule has 1 unspecified atom stereocenters. The molecule has 0 aromatic heterocycles. The molecule has 3 atom stereocenters. The Bertz CT molecular complexity index is 198. The second-order valence-corrected chi connectivity index (χ2v) is 2.43. The minimum Gasteiger partial charge on any atom is -0.394 e. The predicted molar refractivity (Wildman–Crippen MR) is 35.2 cm³/mol. The van der Waals surface area contributed by atoms with Gasteiger partial charge in [-0.15, -0.1) is 0 Å². The van der Waals surface area contributed by atoms with Crippen LogP contribution in [0, 0.1) is 0 Å². The zero-order valence-electron chi connectivity index (χ0n) is 6.14. The highest BCUT2D eigenvalue weighted by atomic mass is 16.8. The Morgan fingerprint density at radius 1 is 1.75 bits per heavy atom. The van der Waals surface area contributed by atoms with Crippen molar-refractivity contribution < 1.29 is 24.6 Å². The first kappa shape index (κ1) is 9.52. The van der Waals surface area contributed by atoms with Crippen molar-refractivity contribution in [3.8, 4) is 0 Å². The van der Waals surface area contributed by atoms with Gasteiger partial charge in [0.15, 0.2) is 0 Å². The molecule has 1 heterocycles. The Hall–Kier alpha value is -0.570. The summed E-state index contributed by atoms with van der Waals surface area (Å²) in [6.07, 6.45) is -2.57. The number of aliphatic hydroxyl groups excluding tert-OH is 2. The molecule has 1 aliphatic rings. The van der Waals surface area contributed by atoms with Crippen LogP contribution >= 0.6 is 0 Å². The lowest BCUT2D eigenvalue weighted by molar-refractivity contribution is -0.224. The van der Waals surface area contributed by atoms with Crippen molar-refractivity contribution >= 4 is 5.78 Å². The van der Waals surface area contributed by atoms with E-state index in [0.717, 1.165) is 0 Å². The fourth-order valence-corrected chi connectivity index (χ4v) is 0.945. The lowest BCUT2D eigenvalue weighted by Crippen LogP contribution is -2.52. The SMILES string of the molecule is NOC1(N)O[C@H](CO)[C@H](O)C1=O. The van der Waals surface area contributed by atoms with Gasteiger partial charge in [0.2, 0.25) is 5.78 Å². The first-order valence-electron chi connectivity index (χ1n) is 3.23. The van der Waals surface area contributed by atoms with Gasteiger partial charge in [-0.1, -0.05) is 0 Å². The van der Waals surface area contributed by atoms with Crippen LogP contribution in [0.2, 0.25) is 0 Å². The molecule has 1 aliphatic heterocycles. The molecule has 0 spiro atoms. The lowest BCUT2D eigenvalue weighted by Gasteiger charge is -2.17. The van der Waals surface area contributed by atoms with Crippen LogP contribution in [0.1, 0.15) is 0 Å². The van der Waals surface area contributed by atoms with Gasteiger partial charge in [-0.3, -0.25) is 10.5 Å². The first-order chi connectivity index (χ1) is 5.55. The number of ether oxygens (including phenoxy) is 1. The largest absolute Gasteiger partial charge is 0.394 e. The number of rotatable bonds is 2. The van der Waals surface area contributed by atoms with Crippen molar-refractivity contribution in [1.82, 2.24) is 0 Å². The van der Waals surface area contributed by atoms with Gasteiger partial charge in [-0.25, -0.2) is 10.7 Å². The second kappa shape index (κ2) is 3.05. The maximum atomic E-state index is 11.0. The molecule has 6 N–H and O–H groups in total. The van der Waals surface area contributed by atoms with E-state index in [1.54, 1.807) is 0 Å².